The molecule has 0 unspecified atom stereocenters. The Hall–Kier alpha value is -1.65. The number of likely N-dealkylation sites (N-methyl/N-ethyl adjacent to an activating group) is 2. The maximum atomic E-state index is 12.3. The van der Waals surface area contributed by atoms with E-state index in [4.69, 9.17) is 4.42 Å². The first-order chi connectivity index (χ1) is 9.08. The van der Waals surface area contributed by atoms with Gasteiger partial charge in [-0.15, -0.1) is 0 Å². The number of Topliss-reactive ketones (excluding diaryl/α,β-unsaturated/α-hetero) is 1. The van der Waals surface area contributed by atoms with Crippen LogP contribution >= 0.6 is 0 Å². The Morgan fingerprint density at radius 3 is 2.63 bits per heavy atom. The van der Waals surface area contributed by atoms with Crippen LogP contribution in [0.1, 0.15) is 10.4 Å². The molecule has 2 rings (SSSR count). The van der Waals surface area contributed by atoms with Crippen LogP contribution in [0.25, 0.3) is 11.0 Å². The van der Waals surface area contributed by atoms with Crippen molar-refractivity contribution in [3.05, 3.63) is 36.1 Å². The molecule has 0 aliphatic carbocycles. The molecule has 4 heteroatoms. The molecule has 0 aliphatic rings. The number of para-hydroxylation sites is 1. The van der Waals surface area contributed by atoms with Gasteiger partial charge in [0.25, 0.3) is 0 Å². The monoisotopic (exact) mass is 260 g/mol. The van der Waals surface area contributed by atoms with Crippen molar-refractivity contribution >= 4 is 16.8 Å². The largest absolute Gasteiger partial charge is 0.464 e. The van der Waals surface area contributed by atoms with Crippen LogP contribution in [0.5, 0.6) is 0 Å². The molecule has 1 aromatic heterocycles. The number of fused-ring (bicyclic) bond motifs is 1. The molecule has 0 saturated heterocycles. The van der Waals surface area contributed by atoms with Crippen LogP contribution in [-0.4, -0.2) is 56.4 Å². The standard InChI is InChI=1S/C15H20N2O2/c1-16(2)8-9-17(3)10-14(18)13-11-19-15-7-5-4-6-12(13)15/h4-7,11H,8-10H2,1-3H3. The fourth-order valence-electron chi connectivity index (χ4n) is 1.97. The quantitative estimate of drug-likeness (QED) is 0.745. The van der Waals surface area contributed by atoms with Gasteiger partial charge in [-0.25, -0.2) is 0 Å². The second-order valence-electron chi connectivity index (χ2n) is 5.11. The van der Waals surface area contributed by atoms with Crippen LogP contribution in [0.4, 0.5) is 0 Å². The van der Waals surface area contributed by atoms with Crippen LogP contribution in [0.15, 0.2) is 34.9 Å². The summed E-state index contributed by atoms with van der Waals surface area (Å²) in [5.74, 6) is 0.103. The molecule has 2 aromatic rings. The fraction of sp³-hybridized carbons (Fsp3) is 0.400. The fourth-order valence-corrected chi connectivity index (χ4v) is 1.97. The molecule has 0 saturated carbocycles. The molecule has 0 spiro atoms. The lowest BCUT2D eigenvalue weighted by Crippen LogP contribution is -2.32. The number of furan rings is 1. The van der Waals surface area contributed by atoms with Crippen molar-refractivity contribution in [2.45, 2.75) is 0 Å². The highest BCUT2D eigenvalue weighted by Crippen LogP contribution is 2.21. The normalized spacial score (nSPS) is 11.6. The van der Waals surface area contributed by atoms with Gasteiger partial charge >= 0.3 is 0 Å². The number of hydrogen-bond acceptors (Lipinski definition) is 4. The highest BCUT2D eigenvalue weighted by atomic mass is 16.3. The summed E-state index contributed by atoms with van der Waals surface area (Å²) in [4.78, 5) is 16.4. The Bertz CT molecular complexity index is 560. The van der Waals surface area contributed by atoms with Crippen LogP contribution in [0, 0.1) is 0 Å². The van der Waals surface area contributed by atoms with E-state index in [9.17, 15) is 4.79 Å². The Labute approximate surface area is 113 Å². The molecule has 0 bridgehead atoms. The summed E-state index contributed by atoms with van der Waals surface area (Å²) in [6.07, 6.45) is 1.56. The second-order valence-corrected chi connectivity index (χ2v) is 5.11. The SMILES string of the molecule is CN(C)CCN(C)CC(=O)c1coc2ccccc12. The highest BCUT2D eigenvalue weighted by molar-refractivity contribution is 6.08. The zero-order valence-electron chi connectivity index (χ0n) is 11.7. The lowest BCUT2D eigenvalue weighted by molar-refractivity contribution is 0.0943. The summed E-state index contributed by atoms with van der Waals surface area (Å²) in [5.41, 5.74) is 1.44. The van der Waals surface area contributed by atoms with E-state index in [1.807, 2.05) is 50.3 Å². The van der Waals surface area contributed by atoms with Gasteiger partial charge in [-0.1, -0.05) is 18.2 Å². The molecule has 0 atom stereocenters. The van der Waals surface area contributed by atoms with Crippen LogP contribution in [0.3, 0.4) is 0 Å². The number of benzene rings is 1. The van der Waals surface area contributed by atoms with Gasteiger partial charge < -0.3 is 9.32 Å². The average Bonchev–Trinajstić information content (AvgIpc) is 2.80. The molecular formula is C15H20N2O2. The zero-order valence-corrected chi connectivity index (χ0v) is 11.7. The van der Waals surface area contributed by atoms with Gasteiger partial charge in [0.05, 0.1) is 12.1 Å². The first kappa shape index (κ1) is 13.8. The Balaban J connectivity index is 2.04. The van der Waals surface area contributed by atoms with Crippen LogP contribution in [0.2, 0.25) is 0 Å². The first-order valence-electron chi connectivity index (χ1n) is 6.40. The minimum absolute atomic E-state index is 0.103. The van der Waals surface area contributed by atoms with E-state index in [0.717, 1.165) is 24.1 Å². The maximum Gasteiger partial charge on any atom is 0.180 e. The Kier molecular flexibility index (Phi) is 4.35. The minimum atomic E-state index is 0.103. The summed E-state index contributed by atoms with van der Waals surface area (Å²) in [6.45, 7) is 2.22. The van der Waals surface area contributed by atoms with E-state index in [2.05, 4.69) is 4.90 Å². The topological polar surface area (TPSA) is 36.7 Å². The van der Waals surface area contributed by atoms with Crippen LogP contribution in [-0.2, 0) is 0 Å². The van der Waals surface area contributed by atoms with Gasteiger partial charge in [0, 0.05) is 18.5 Å². The predicted octanol–water partition coefficient (Wildman–Crippen LogP) is 2.11. The molecule has 0 radical (unpaired) electrons. The molecule has 102 valence electrons. The zero-order chi connectivity index (χ0) is 13.8. The Morgan fingerprint density at radius 1 is 1.16 bits per heavy atom. The molecule has 1 heterocycles. The van der Waals surface area contributed by atoms with Crippen molar-refractivity contribution in [1.82, 2.24) is 9.80 Å². The lowest BCUT2D eigenvalue weighted by atomic mass is 10.1. The number of nitrogens with zero attached hydrogens (tertiary/aromatic N) is 2. The van der Waals surface area contributed by atoms with Gasteiger partial charge in [0.1, 0.15) is 11.8 Å². The van der Waals surface area contributed by atoms with Crippen molar-refractivity contribution in [1.29, 1.82) is 0 Å². The summed E-state index contributed by atoms with van der Waals surface area (Å²) in [6, 6.07) is 7.63. The molecule has 0 fully saturated rings. The average molecular weight is 260 g/mol. The summed E-state index contributed by atoms with van der Waals surface area (Å²) in [5, 5.41) is 0.897. The Morgan fingerprint density at radius 2 is 1.89 bits per heavy atom. The smallest absolute Gasteiger partial charge is 0.180 e. The highest BCUT2D eigenvalue weighted by Gasteiger charge is 2.15. The van der Waals surface area contributed by atoms with Crippen molar-refractivity contribution in [2.24, 2.45) is 0 Å². The molecule has 1 aromatic carbocycles. The number of ketones is 1. The van der Waals surface area contributed by atoms with Crippen LogP contribution < -0.4 is 0 Å². The molecule has 0 amide bonds. The minimum Gasteiger partial charge on any atom is -0.464 e. The van der Waals surface area contributed by atoms with E-state index in [-0.39, 0.29) is 5.78 Å². The van der Waals surface area contributed by atoms with E-state index >= 15 is 0 Å². The van der Waals surface area contributed by atoms with Crippen molar-refractivity contribution in [2.75, 3.05) is 40.8 Å². The third kappa shape index (κ3) is 3.43. The third-order valence-electron chi connectivity index (χ3n) is 3.12. The van der Waals surface area contributed by atoms with Crippen molar-refractivity contribution in [3.63, 3.8) is 0 Å². The molecule has 4 nitrogen and oxygen atoms in total. The second kappa shape index (κ2) is 5.99. The summed E-state index contributed by atoms with van der Waals surface area (Å²) < 4.78 is 5.40. The van der Waals surface area contributed by atoms with E-state index in [1.165, 1.54) is 0 Å². The molecule has 19 heavy (non-hydrogen) atoms. The van der Waals surface area contributed by atoms with Crippen molar-refractivity contribution in [3.8, 4) is 0 Å². The summed E-state index contributed by atoms with van der Waals surface area (Å²) in [7, 11) is 6.02. The maximum absolute atomic E-state index is 12.3. The number of carbonyl (C=O) groups excluding carboxylic acids is 1. The lowest BCUT2D eigenvalue weighted by Gasteiger charge is -2.18. The number of hydrogen-bond donors (Lipinski definition) is 0. The van der Waals surface area contributed by atoms with Crippen molar-refractivity contribution < 1.29 is 9.21 Å². The third-order valence-corrected chi connectivity index (χ3v) is 3.12. The number of carbonyl (C=O) groups is 1. The predicted molar refractivity (Wildman–Crippen MR) is 76.6 cm³/mol. The van der Waals surface area contributed by atoms with Gasteiger partial charge in [-0.2, -0.15) is 0 Å². The van der Waals surface area contributed by atoms with E-state index < -0.39 is 0 Å². The van der Waals surface area contributed by atoms with Gasteiger partial charge in [-0.05, 0) is 27.2 Å². The van der Waals surface area contributed by atoms with Gasteiger partial charge in [-0.3, -0.25) is 9.69 Å². The van der Waals surface area contributed by atoms with Gasteiger partial charge in [0.2, 0.25) is 0 Å². The summed E-state index contributed by atoms with van der Waals surface area (Å²) >= 11 is 0. The van der Waals surface area contributed by atoms with E-state index in [0.29, 0.717) is 12.1 Å². The first-order valence-corrected chi connectivity index (χ1v) is 6.40. The molecule has 0 aliphatic heterocycles. The number of rotatable bonds is 6. The van der Waals surface area contributed by atoms with Gasteiger partial charge in [0.15, 0.2) is 5.78 Å². The van der Waals surface area contributed by atoms with E-state index in [1.54, 1.807) is 6.26 Å². The molecule has 0 N–H and O–H groups in total. The molecular weight excluding hydrogens is 240 g/mol.